The van der Waals surface area contributed by atoms with Crippen LogP contribution in [-0.2, 0) is 21.2 Å². The predicted octanol–water partition coefficient (Wildman–Crippen LogP) is 3.31. The van der Waals surface area contributed by atoms with Crippen LogP contribution < -0.4 is 0 Å². The Bertz CT molecular complexity index is 697. The lowest BCUT2D eigenvalue weighted by Gasteiger charge is -2.37. The minimum absolute atomic E-state index is 0.0520. The van der Waals surface area contributed by atoms with E-state index in [2.05, 4.69) is 0 Å². The molecule has 0 aromatic heterocycles. The average Bonchev–Trinajstić information content (AvgIpc) is 3.34. The topological polar surface area (TPSA) is 57.6 Å². The summed E-state index contributed by atoms with van der Waals surface area (Å²) in [5.41, 5.74) is -1.32. The quantitative estimate of drug-likeness (QED) is 0.905. The Balaban J connectivity index is 1.86. The Kier molecular flexibility index (Phi) is 4.29. The smallest absolute Gasteiger partial charge is 0.416 e. The maximum atomic E-state index is 13.0. The number of carboxylic acids is 1. The van der Waals surface area contributed by atoms with Crippen LogP contribution in [0.3, 0.4) is 0 Å². The molecule has 1 amide bonds. The molecule has 2 fully saturated rings. The fourth-order valence-corrected chi connectivity index (χ4v) is 3.74. The van der Waals surface area contributed by atoms with E-state index in [0.29, 0.717) is 31.4 Å². The van der Waals surface area contributed by atoms with Gasteiger partial charge in [0.2, 0.25) is 5.91 Å². The number of carboxylic acid groups (broad SMARTS) is 1. The van der Waals surface area contributed by atoms with Gasteiger partial charge in [0.05, 0.1) is 16.9 Å². The van der Waals surface area contributed by atoms with Gasteiger partial charge >= 0.3 is 12.1 Å². The molecule has 2 unspecified atom stereocenters. The molecular weight excluding hydrogens is 335 g/mol. The van der Waals surface area contributed by atoms with Crippen LogP contribution in [-0.4, -0.2) is 35.0 Å². The van der Waals surface area contributed by atoms with Crippen molar-refractivity contribution in [2.75, 3.05) is 13.1 Å². The standard InChI is InChI=1S/C18H20F3NO3/c1-11-7-12(15(23)24)10-22(9-11)16(25)17(5-6-17)13-3-2-4-14(8-13)18(19,20)21/h2-4,8,11-12H,5-7,9-10H2,1H3,(H,23,24). The number of hydrogen-bond acceptors (Lipinski definition) is 2. The van der Waals surface area contributed by atoms with Crippen molar-refractivity contribution in [1.29, 1.82) is 0 Å². The van der Waals surface area contributed by atoms with E-state index in [1.165, 1.54) is 11.0 Å². The number of amides is 1. The molecule has 7 heteroatoms. The maximum Gasteiger partial charge on any atom is 0.416 e. The molecule has 136 valence electrons. The van der Waals surface area contributed by atoms with Crippen molar-refractivity contribution >= 4 is 11.9 Å². The van der Waals surface area contributed by atoms with Crippen LogP contribution in [0.15, 0.2) is 24.3 Å². The number of rotatable bonds is 3. The second-order valence-corrected chi connectivity index (χ2v) is 7.25. The molecule has 1 saturated heterocycles. The van der Waals surface area contributed by atoms with Gasteiger partial charge in [-0.2, -0.15) is 13.2 Å². The highest BCUT2D eigenvalue weighted by Gasteiger charge is 2.54. The molecule has 2 aliphatic rings. The van der Waals surface area contributed by atoms with Crippen molar-refractivity contribution in [1.82, 2.24) is 4.90 Å². The zero-order chi connectivity index (χ0) is 18.4. The fraction of sp³-hybridized carbons (Fsp3) is 0.556. The third kappa shape index (κ3) is 3.37. The van der Waals surface area contributed by atoms with Gasteiger partial charge in [-0.15, -0.1) is 0 Å². The van der Waals surface area contributed by atoms with E-state index in [0.717, 1.165) is 12.1 Å². The molecule has 0 spiro atoms. The summed E-state index contributed by atoms with van der Waals surface area (Å²) in [6.07, 6.45) is -2.95. The van der Waals surface area contributed by atoms with Gasteiger partial charge in [-0.05, 0) is 36.8 Å². The van der Waals surface area contributed by atoms with E-state index in [4.69, 9.17) is 0 Å². The highest BCUT2D eigenvalue weighted by Crippen LogP contribution is 2.51. The monoisotopic (exact) mass is 355 g/mol. The minimum Gasteiger partial charge on any atom is -0.481 e. The molecule has 1 aliphatic heterocycles. The van der Waals surface area contributed by atoms with Crippen LogP contribution in [0.4, 0.5) is 13.2 Å². The molecule has 0 radical (unpaired) electrons. The fourth-order valence-electron chi connectivity index (χ4n) is 3.74. The second-order valence-electron chi connectivity index (χ2n) is 7.25. The van der Waals surface area contributed by atoms with E-state index in [-0.39, 0.29) is 18.4 Å². The van der Waals surface area contributed by atoms with E-state index in [1.54, 1.807) is 6.07 Å². The zero-order valence-electron chi connectivity index (χ0n) is 13.8. The molecule has 1 saturated carbocycles. The normalized spacial score (nSPS) is 25.5. The van der Waals surface area contributed by atoms with Gasteiger partial charge in [0.25, 0.3) is 0 Å². The lowest BCUT2D eigenvalue weighted by atomic mass is 9.87. The molecule has 1 aromatic carbocycles. The van der Waals surface area contributed by atoms with Crippen molar-refractivity contribution in [3.05, 3.63) is 35.4 Å². The third-order valence-corrected chi connectivity index (χ3v) is 5.20. The van der Waals surface area contributed by atoms with Crippen LogP contribution in [0, 0.1) is 11.8 Å². The number of halogens is 3. The summed E-state index contributed by atoms with van der Waals surface area (Å²) >= 11 is 0. The first-order chi connectivity index (χ1) is 11.6. The number of nitrogens with zero attached hydrogens (tertiary/aromatic N) is 1. The first kappa shape index (κ1) is 17.8. The molecule has 2 atom stereocenters. The summed E-state index contributed by atoms with van der Waals surface area (Å²) in [5.74, 6) is -1.75. The number of aliphatic carboxylic acids is 1. The number of benzene rings is 1. The SMILES string of the molecule is CC1CC(C(=O)O)CN(C(=O)C2(c3cccc(C(F)(F)F)c3)CC2)C1. The van der Waals surface area contributed by atoms with E-state index < -0.39 is 29.0 Å². The van der Waals surface area contributed by atoms with Crippen LogP contribution in [0.5, 0.6) is 0 Å². The van der Waals surface area contributed by atoms with Gasteiger partial charge in [-0.1, -0.05) is 25.1 Å². The lowest BCUT2D eigenvalue weighted by molar-refractivity contribution is -0.148. The van der Waals surface area contributed by atoms with Gasteiger partial charge < -0.3 is 10.0 Å². The van der Waals surface area contributed by atoms with E-state index in [1.807, 2.05) is 6.92 Å². The summed E-state index contributed by atoms with van der Waals surface area (Å²) in [4.78, 5) is 25.8. The molecule has 0 bridgehead atoms. The molecular formula is C18H20F3NO3. The largest absolute Gasteiger partial charge is 0.481 e. The Morgan fingerprint density at radius 3 is 2.48 bits per heavy atom. The number of carbonyl (C=O) groups is 2. The third-order valence-electron chi connectivity index (χ3n) is 5.20. The summed E-state index contributed by atoms with van der Waals surface area (Å²) in [7, 11) is 0. The minimum atomic E-state index is -4.46. The average molecular weight is 355 g/mol. The maximum absolute atomic E-state index is 13.0. The molecule has 3 rings (SSSR count). The van der Waals surface area contributed by atoms with Crippen LogP contribution in [0.25, 0.3) is 0 Å². The van der Waals surface area contributed by atoms with Crippen molar-refractivity contribution in [2.45, 2.75) is 37.8 Å². The Hall–Kier alpha value is -2.05. The van der Waals surface area contributed by atoms with Crippen LogP contribution in [0.2, 0.25) is 0 Å². The molecule has 1 heterocycles. The zero-order valence-corrected chi connectivity index (χ0v) is 13.8. The van der Waals surface area contributed by atoms with Gasteiger partial charge in [0.1, 0.15) is 0 Å². The Labute approximate surface area is 143 Å². The van der Waals surface area contributed by atoms with Gasteiger partial charge in [-0.25, -0.2) is 0 Å². The van der Waals surface area contributed by atoms with Crippen molar-refractivity contribution in [3.63, 3.8) is 0 Å². The van der Waals surface area contributed by atoms with Gasteiger partial charge in [0, 0.05) is 13.1 Å². The highest BCUT2D eigenvalue weighted by molar-refractivity contribution is 5.91. The number of hydrogen-bond donors (Lipinski definition) is 1. The van der Waals surface area contributed by atoms with E-state index in [9.17, 15) is 27.9 Å². The van der Waals surface area contributed by atoms with Crippen molar-refractivity contribution in [3.8, 4) is 0 Å². The van der Waals surface area contributed by atoms with Gasteiger partial charge in [-0.3, -0.25) is 9.59 Å². The molecule has 1 aromatic rings. The lowest BCUT2D eigenvalue weighted by Crippen LogP contribution is -2.49. The summed E-state index contributed by atoms with van der Waals surface area (Å²) in [6, 6.07) is 4.92. The first-order valence-electron chi connectivity index (χ1n) is 8.33. The summed E-state index contributed by atoms with van der Waals surface area (Å²) in [5, 5.41) is 9.25. The number of alkyl halides is 3. The number of carbonyl (C=O) groups excluding carboxylic acids is 1. The van der Waals surface area contributed by atoms with Crippen molar-refractivity contribution in [2.24, 2.45) is 11.8 Å². The highest BCUT2D eigenvalue weighted by atomic mass is 19.4. The summed E-state index contributed by atoms with van der Waals surface area (Å²) in [6.45, 7) is 2.46. The van der Waals surface area contributed by atoms with E-state index >= 15 is 0 Å². The van der Waals surface area contributed by atoms with Crippen LogP contribution in [0.1, 0.15) is 37.3 Å². The predicted molar refractivity (Wildman–Crippen MR) is 83.8 cm³/mol. The Morgan fingerprint density at radius 2 is 1.92 bits per heavy atom. The second kappa shape index (κ2) is 6.04. The summed E-state index contributed by atoms with van der Waals surface area (Å²) < 4.78 is 38.9. The molecule has 1 N–H and O–H groups in total. The molecule has 1 aliphatic carbocycles. The Morgan fingerprint density at radius 1 is 1.24 bits per heavy atom. The van der Waals surface area contributed by atoms with Gasteiger partial charge in [0.15, 0.2) is 0 Å². The van der Waals surface area contributed by atoms with Crippen LogP contribution >= 0.6 is 0 Å². The number of piperidine rings is 1. The molecule has 25 heavy (non-hydrogen) atoms. The van der Waals surface area contributed by atoms with Crippen molar-refractivity contribution < 1.29 is 27.9 Å². The first-order valence-corrected chi connectivity index (χ1v) is 8.33. The molecule has 4 nitrogen and oxygen atoms in total. The number of likely N-dealkylation sites (tertiary alicyclic amines) is 1.